The number of nitrogens with zero attached hydrogens (tertiary/aromatic N) is 1. The third-order valence-corrected chi connectivity index (χ3v) is 8.42. The third kappa shape index (κ3) is 3.70. The average molecular weight is 443 g/mol. The molecule has 3 aliphatic carbocycles. The van der Waals surface area contributed by atoms with Crippen molar-refractivity contribution in [3.63, 3.8) is 0 Å². The van der Waals surface area contributed by atoms with Crippen molar-refractivity contribution in [2.24, 2.45) is 28.0 Å². The molecular formula is C29H34N2O2. The van der Waals surface area contributed by atoms with E-state index in [4.69, 9.17) is 15.5 Å². The van der Waals surface area contributed by atoms with Crippen LogP contribution in [0.1, 0.15) is 78.6 Å². The van der Waals surface area contributed by atoms with E-state index in [0.717, 1.165) is 29.4 Å². The predicted molar refractivity (Wildman–Crippen MR) is 133 cm³/mol. The van der Waals surface area contributed by atoms with Crippen LogP contribution >= 0.6 is 0 Å². The molecule has 4 nitrogen and oxygen atoms in total. The molecule has 33 heavy (non-hydrogen) atoms. The Labute approximate surface area is 196 Å². The summed E-state index contributed by atoms with van der Waals surface area (Å²) in [6.45, 7) is 8.99. The van der Waals surface area contributed by atoms with E-state index in [1.165, 1.54) is 43.2 Å². The summed E-state index contributed by atoms with van der Waals surface area (Å²) >= 11 is 0. The van der Waals surface area contributed by atoms with Gasteiger partial charge in [-0.15, -0.1) is 0 Å². The molecule has 0 heterocycles. The highest BCUT2D eigenvalue weighted by molar-refractivity contribution is 5.99. The zero-order valence-corrected chi connectivity index (χ0v) is 20.0. The second-order valence-corrected chi connectivity index (χ2v) is 10.7. The van der Waals surface area contributed by atoms with Crippen molar-refractivity contribution in [3.8, 4) is 0 Å². The second-order valence-electron chi connectivity index (χ2n) is 10.7. The fourth-order valence-corrected chi connectivity index (χ4v) is 7.13. The van der Waals surface area contributed by atoms with Gasteiger partial charge in [-0.1, -0.05) is 32.6 Å². The number of nitrogens with two attached hydrogens (primary N) is 1. The normalized spacial score (nSPS) is 30.0. The van der Waals surface area contributed by atoms with Crippen LogP contribution in [-0.2, 0) is 16.6 Å². The van der Waals surface area contributed by atoms with E-state index in [9.17, 15) is 4.79 Å². The fourth-order valence-electron chi connectivity index (χ4n) is 7.13. The van der Waals surface area contributed by atoms with E-state index in [-0.39, 0.29) is 0 Å². The molecule has 2 bridgehead atoms. The van der Waals surface area contributed by atoms with Crippen LogP contribution in [0.25, 0.3) is 5.70 Å². The van der Waals surface area contributed by atoms with Crippen molar-refractivity contribution in [3.05, 3.63) is 76.9 Å². The fraction of sp³-hybridized carbons (Fsp3) is 0.448. The lowest BCUT2D eigenvalue weighted by Crippen LogP contribution is -2.34. The Morgan fingerprint density at radius 3 is 2.45 bits per heavy atom. The summed E-state index contributed by atoms with van der Waals surface area (Å²) in [6, 6.07) is 13.8. The lowest BCUT2D eigenvalue weighted by Gasteiger charge is -2.41. The van der Waals surface area contributed by atoms with Gasteiger partial charge in [0.2, 0.25) is 11.8 Å². The molecule has 4 heteroatoms. The summed E-state index contributed by atoms with van der Waals surface area (Å²) in [5, 5.41) is 0. The number of methoxy groups -OCH3 is 1. The smallest absolute Gasteiger partial charge is 0.248 e. The Morgan fingerprint density at radius 2 is 1.79 bits per heavy atom. The van der Waals surface area contributed by atoms with Crippen LogP contribution in [0.3, 0.4) is 0 Å². The molecule has 3 aliphatic rings. The van der Waals surface area contributed by atoms with Crippen LogP contribution in [0, 0.1) is 17.3 Å². The highest BCUT2D eigenvalue weighted by Crippen LogP contribution is 2.76. The summed E-state index contributed by atoms with van der Waals surface area (Å²) in [5.74, 6) is 1.75. The summed E-state index contributed by atoms with van der Waals surface area (Å²) in [6.07, 6.45) is 7.92. The first-order valence-corrected chi connectivity index (χ1v) is 12.1. The molecule has 5 rings (SSSR count). The molecular weight excluding hydrogens is 408 g/mol. The zero-order chi connectivity index (χ0) is 23.4. The van der Waals surface area contributed by atoms with E-state index in [1.54, 1.807) is 31.4 Å². The van der Waals surface area contributed by atoms with Gasteiger partial charge in [0, 0.05) is 11.1 Å². The zero-order valence-electron chi connectivity index (χ0n) is 20.0. The van der Waals surface area contributed by atoms with E-state index >= 15 is 0 Å². The van der Waals surface area contributed by atoms with E-state index in [0.29, 0.717) is 28.0 Å². The monoisotopic (exact) mass is 442 g/mol. The number of aliphatic imine (C=N–C) groups is 1. The number of fused-ring (bicyclic) bond motifs is 1. The summed E-state index contributed by atoms with van der Waals surface area (Å²) in [4.78, 5) is 16.1. The Morgan fingerprint density at radius 1 is 1.09 bits per heavy atom. The van der Waals surface area contributed by atoms with Gasteiger partial charge in [0.1, 0.15) is 0 Å². The van der Waals surface area contributed by atoms with Crippen LogP contribution in [0.15, 0.2) is 54.0 Å². The minimum absolute atomic E-state index is 0.320. The number of carbonyl (C=O) groups excluding carboxylic acids is 1. The molecule has 2 N–H and O–H groups in total. The number of hydrogen-bond donors (Lipinski definition) is 1. The Kier molecular flexibility index (Phi) is 5.23. The summed E-state index contributed by atoms with van der Waals surface area (Å²) in [5.41, 5.74) is 12.3. The van der Waals surface area contributed by atoms with Crippen LogP contribution in [0.4, 0.5) is 0 Å². The van der Waals surface area contributed by atoms with E-state index < -0.39 is 5.91 Å². The molecule has 2 aromatic rings. The van der Waals surface area contributed by atoms with E-state index in [1.807, 2.05) is 0 Å². The second kappa shape index (κ2) is 7.86. The SMILES string of the molecule is C=C(N=C(OC)c1ccc(C(N)=O)cc1)c1ccc(CC)c(C23CC(C)CC4(CC4C2)C3)c1. The highest BCUT2D eigenvalue weighted by Gasteiger charge is 2.68. The van der Waals surface area contributed by atoms with Crippen molar-refractivity contribution < 1.29 is 9.53 Å². The molecule has 4 unspecified atom stereocenters. The van der Waals surface area contributed by atoms with Crippen molar-refractivity contribution >= 4 is 17.5 Å². The van der Waals surface area contributed by atoms with E-state index in [2.05, 4.69) is 38.6 Å². The Bertz CT molecular complexity index is 1140. The van der Waals surface area contributed by atoms with Crippen LogP contribution in [-0.4, -0.2) is 18.9 Å². The number of ether oxygens (including phenoxy) is 1. The number of amides is 1. The predicted octanol–water partition coefficient (Wildman–Crippen LogP) is 5.88. The summed E-state index contributed by atoms with van der Waals surface area (Å²) < 4.78 is 5.57. The minimum atomic E-state index is -0.451. The van der Waals surface area contributed by atoms with Crippen LogP contribution < -0.4 is 5.73 Å². The van der Waals surface area contributed by atoms with Gasteiger partial charge < -0.3 is 10.5 Å². The first-order chi connectivity index (χ1) is 15.8. The topological polar surface area (TPSA) is 64.7 Å². The highest BCUT2D eigenvalue weighted by atomic mass is 16.5. The molecule has 1 amide bonds. The third-order valence-electron chi connectivity index (χ3n) is 8.42. The van der Waals surface area contributed by atoms with Gasteiger partial charge in [-0.05, 0) is 108 Å². The lowest BCUT2D eigenvalue weighted by atomic mass is 9.63. The lowest BCUT2D eigenvalue weighted by molar-refractivity contribution is 0.1000. The van der Waals surface area contributed by atoms with Crippen LogP contribution in [0.2, 0.25) is 0 Å². The van der Waals surface area contributed by atoms with Gasteiger partial charge in [-0.3, -0.25) is 4.79 Å². The number of benzene rings is 2. The molecule has 0 aliphatic heterocycles. The number of rotatable bonds is 6. The maximum atomic E-state index is 11.4. The Balaban J connectivity index is 1.47. The molecule has 2 aromatic carbocycles. The first-order valence-electron chi connectivity index (χ1n) is 12.1. The molecule has 4 atom stereocenters. The molecule has 3 saturated carbocycles. The number of aryl methyl sites for hydroxylation is 1. The molecule has 3 fully saturated rings. The van der Waals surface area contributed by atoms with Gasteiger partial charge in [0.05, 0.1) is 12.8 Å². The minimum Gasteiger partial charge on any atom is -0.481 e. The molecule has 0 saturated heterocycles. The molecule has 172 valence electrons. The van der Waals surface area contributed by atoms with Crippen molar-refractivity contribution in [2.75, 3.05) is 7.11 Å². The molecule has 0 radical (unpaired) electrons. The first kappa shape index (κ1) is 21.9. The van der Waals surface area contributed by atoms with Crippen molar-refractivity contribution in [2.45, 2.75) is 57.8 Å². The Hall–Kier alpha value is -2.88. The van der Waals surface area contributed by atoms with Gasteiger partial charge in [0.15, 0.2) is 0 Å². The van der Waals surface area contributed by atoms with Crippen LogP contribution in [0.5, 0.6) is 0 Å². The quantitative estimate of drug-likeness (QED) is 0.448. The average Bonchev–Trinajstić information content (AvgIpc) is 3.37. The number of hydrogen-bond acceptors (Lipinski definition) is 3. The number of primary amides is 1. The molecule has 0 aromatic heterocycles. The summed E-state index contributed by atoms with van der Waals surface area (Å²) in [7, 11) is 1.60. The number of carbonyl (C=O) groups is 1. The maximum Gasteiger partial charge on any atom is 0.248 e. The maximum absolute atomic E-state index is 11.4. The standard InChI is InChI=1S/C29H34N2O2/c1-5-20-6-11-23(12-25(20)29-14-18(2)13-28(17-29)15-24(28)16-29)19(3)31-27(33-4)22-9-7-21(8-10-22)26(30)32/h6-12,18,24H,3,5,13-17H2,1-2,4H3,(H2,30,32). The van der Waals surface area contributed by atoms with Crippen molar-refractivity contribution in [1.82, 2.24) is 0 Å². The van der Waals surface area contributed by atoms with Crippen molar-refractivity contribution in [1.29, 1.82) is 0 Å². The van der Waals surface area contributed by atoms with Gasteiger partial charge >= 0.3 is 0 Å². The van der Waals surface area contributed by atoms with Gasteiger partial charge in [-0.2, -0.15) is 0 Å². The van der Waals surface area contributed by atoms with Gasteiger partial charge in [0.25, 0.3) is 0 Å². The van der Waals surface area contributed by atoms with Gasteiger partial charge in [-0.25, -0.2) is 4.99 Å². The largest absolute Gasteiger partial charge is 0.481 e. The molecule has 1 spiro atoms.